The topological polar surface area (TPSA) is 96.1 Å². The molecule has 1 aromatic carbocycles. The van der Waals surface area contributed by atoms with Gasteiger partial charge in [0.1, 0.15) is 0 Å². The molecule has 3 aromatic rings. The number of aliphatic hydroxyl groups is 2. The fourth-order valence-corrected chi connectivity index (χ4v) is 3.36. The second kappa shape index (κ2) is 8.30. The van der Waals surface area contributed by atoms with E-state index in [4.69, 9.17) is 5.11 Å². The molecule has 9 heteroatoms. The highest BCUT2D eigenvalue weighted by molar-refractivity contribution is 14.1. The third kappa shape index (κ3) is 4.40. The van der Waals surface area contributed by atoms with Gasteiger partial charge in [-0.25, -0.2) is 15.0 Å². The zero-order chi connectivity index (χ0) is 17.8. The molecule has 2 aromatic heterocycles. The van der Waals surface area contributed by atoms with Crippen LogP contribution in [0.15, 0.2) is 35.7 Å². The molecule has 0 radical (unpaired) electrons. The molecule has 0 aliphatic carbocycles. The maximum atomic E-state index is 9.70. The molecule has 0 aliphatic rings. The molecule has 1 atom stereocenters. The molecule has 3 rings (SSSR count). The van der Waals surface area contributed by atoms with Crippen LogP contribution in [0.3, 0.4) is 0 Å². The summed E-state index contributed by atoms with van der Waals surface area (Å²) in [6, 6.07) is 8.23. The number of halogens is 1. The highest BCUT2D eigenvalue weighted by Gasteiger charge is 2.15. The van der Waals surface area contributed by atoms with E-state index in [9.17, 15) is 5.11 Å². The Morgan fingerprint density at radius 1 is 1.36 bits per heavy atom. The number of aromatic nitrogens is 4. The van der Waals surface area contributed by atoms with Gasteiger partial charge in [0.05, 0.1) is 25.6 Å². The number of aliphatic hydroxyl groups excluding tert-OH is 2. The lowest BCUT2D eigenvalue weighted by Crippen LogP contribution is -2.19. The van der Waals surface area contributed by atoms with Gasteiger partial charge in [-0.3, -0.25) is 0 Å². The number of hydrogen-bond acceptors (Lipinski definition) is 7. The number of thioether (sulfide) groups is 1. The first-order chi connectivity index (χ1) is 12.1. The van der Waals surface area contributed by atoms with E-state index in [1.54, 1.807) is 10.9 Å². The van der Waals surface area contributed by atoms with E-state index in [1.165, 1.54) is 15.3 Å². The summed E-state index contributed by atoms with van der Waals surface area (Å²) in [4.78, 5) is 13.4. The Bertz CT molecular complexity index is 873. The number of anilines is 1. The van der Waals surface area contributed by atoms with Crippen molar-refractivity contribution in [2.75, 3.05) is 18.2 Å². The van der Waals surface area contributed by atoms with Crippen molar-refractivity contribution >= 4 is 51.3 Å². The molecule has 2 heterocycles. The first-order valence-electron chi connectivity index (χ1n) is 7.65. The summed E-state index contributed by atoms with van der Waals surface area (Å²) < 4.78 is 2.91. The van der Waals surface area contributed by atoms with Crippen molar-refractivity contribution in [1.29, 1.82) is 0 Å². The van der Waals surface area contributed by atoms with Crippen LogP contribution in [-0.4, -0.2) is 48.7 Å². The lowest BCUT2D eigenvalue weighted by atomic mass is 10.2. The van der Waals surface area contributed by atoms with Gasteiger partial charge in [0, 0.05) is 10.1 Å². The maximum absolute atomic E-state index is 9.70. The molecule has 0 spiro atoms. The molecule has 132 valence electrons. The van der Waals surface area contributed by atoms with E-state index in [1.807, 2.05) is 18.4 Å². The standard InChI is InChI=1S/C16H18IN5O2S/c1-25-16-20-14(18-6-10-3-2-4-11(17)5-10)13-15(21-16)22(9-19-13)7-12(24)8-23/h2-5,9,12,23-24H,6-8H2,1H3,(H,18,20,21)/t12-/m1/s1. The van der Waals surface area contributed by atoms with Crippen LogP contribution in [0.2, 0.25) is 0 Å². The van der Waals surface area contributed by atoms with Gasteiger partial charge >= 0.3 is 0 Å². The van der Waals surface area contributed by atoms with E-state index in [2.05, 4.69) is 55.0 Å². The summed E-state index contributed by atoms with van der Waals surface area (Å²) in [7, 11) is 0. The molecule has 0 saturated heterocycles. The molecular formula is C16H18IN5O2S. The average molecular weight is 471 g/mol. The Balaban J connectivity index is 1.91. The highest BCUT2D eigenvalue weighted by Crippen LogP contribution is 2.23. The van der Waals surface area contributed by atoms with Crippen LogP contribution in [0.4, 0.5) is 5.82 Å². The Morgan fingerprint density at radius 2 is 2.20 bits per heavy atom. The van der Waals surface area contributed by atoms with Crippen LogP contribution in [-0.2, 0) is 13.1 Å². The van der Waals surface area contributed by atoms with Crippen molar-refractivity contribution in [1.82, 2.24) is 19.5 Å². The summed E-state index contributed by atoms with van der Waals surface area (Å²) in [5.41, 5.74) is 2.44. The first kappa shape index (κ1) is 18.4. The van der Waals surface area contributed by atoms with Crippen LogP contribution >= 0.6 is 34.4 Å². The van der Waals surface area contributed by atoms with Crippen molar-refractivity contribution in [3.8, 4) is 0 Å². The van der Waals surface area contributed by atoms with E-state index >= 15 is 0 Å². The zero-order valence-electron chi connectivity index (χ0n) is 13.6. The van der Waals surface area contributed by atoms with Crippen LogP contribution < -0.4 is 5.32 Å². The van der Waals surface area contributed by atoms with E-state index in [0.717, 1.165) is 5.56 Å². The predicted molar refractivity (Wildman–Crippen MR) is 107 cm³/mol. The van der Waals surface area contributed by atoms with Gasteiger partial charge in [0.15, 0.2) is 22.1 Å². The van der Waals surface area contributed by atoms with Gasteiger partial charge in [-0.2, -0.15) is 0 Å². The van der Waals surface area contributed by atoms with Gasteiger partial charge in [0.2, 0.25) is 0 Å². The van der Waals surface area contributed by atoms with Crippen LogP contribution in [0.25, 0.3) is 11.2 Å². The molecule has 0 fully saturated rings. The van der Waals surface area contributed by atoms with E-state index in [-0.39, 0.29) is 13.2 Å². The van der Waals surface area contributed by atoms with Crippen molar-refractivity contribution in [2.45, 2.75) is 24.3 Å². The van der Waals surface area contributed by atoms with Gasteiger partial charge in [-0.15, -0.1) is 0 Å². The molecule has 0 amide bonds. The highest BCUT2D eigenvalue weighted by atomic mass is 127. The second-order valence-corrected chi connectivity index (χ2v) is 7.47. The number of nitrogens with one attached hydrogen (secondary N) is 1. The summed E-state index contributed by atoms with van der Waals surface area (Å²) in [6.07, 6.45) is 2.67. The minimum absolute atomic E-state index is 0.230. The normalized spacial score (nSPS) is 12.5. The Labute approximate surface area is 163 Å². The number of benzene rings is 1. The predicted octanol–water partition coefficient (Wildman–Crippen LogP) is 2.12. The summed E-state index contributed by atoms with van der Waals surface area (Å²) in [6.45, 7) is 0.551. The molecule has 3 N–H and O–H groups in total. The van der Waals surface area contributed by atoms with Gasteiger partial charge in [-0.1, -0.05) is 23.9 Å². The number of fused-ring (bicyclic) bond motifs is 1. The van der Waals surface area contributed by atoms with Crippen molar-refractivity contribution in [2.24, 2.45) is 0 Å². The van der Waals surface area contributed by atoms with Crippen LogP contribution in [0.5, 0.6) is 0 Å². The Kier molecular flexibility index (Phi) is 6.10. The summed E-state index contributed by atoms with van der Waals surface area (Å²) in [5, 5.41) is 22.7. The molecule has 7 nitrogen and oxygen atoms in total. The van der Waals surface area contributed by atoms with E-state index in [0.29, 0.717) is 28.7 Å². The molecule has 0 aliphatic heterocycles. The SMILES string of the molecule is CSc1nc(NCc2cccc(I)c2)c2ncn(C[C@@H](O)CO)c2n1. The monoisotopic (exact) mass is 471 g/mol. The lowest BCUT2D eigenvalue weighted by Gasteiger charge is -2.10. The van der Waals surface area contributed by atoms with Gasteiger partial charge in [0.25, 0.3) is 0 Å². The third-order valence-electron chi connectivity index (χ3n) is 3.59. The smallest absolute Gasteiger partial charge is 0.191 e. The van der Waals surface area contributed by atoms with Crippen molar-refractivity contribution in [3.05, 3.63) is 39.7 Å². The molecular weight excluding hydrogens is 453 g/mol. The number of hydrogen-bond donors (Lipinski definition) is 3. The molecule has 0 bridgehead atoms. The van der Waals surface area contributed by atoms with E-state index < -0.39 is 6.10 Å². The molecule has 0 saturated carbocycles. The Hall–Kier alpha value is -1.43. The molecule has 0 unspecified atom stereocenters. The van der Waals surface area contributed by atoms with Crippen molar-refractivity contribution in [3.63, 3.8) is 0 Å². The average Bonchev–Trinajstić information content (AvgIpc) is 3.02. The fourth-order valence-electron chi connectivity index (χ4n) is 2.39. The summed E-state index contributed by atoms with van der Waals surface area (Å²) in [5.74, 6) is 0.658. The number of rotatable bonds is 7. The van der Waals surface area contributed by atoms with Crippen molar-refractivity contribution < 1.29 is 10.2 Å². The minimum atomic E-state index is -0.854. The minimum Gasteiger partial charge on any atom is -0.394 e. The summed E-state index contributed by atoms with van der Waals surface area (Å²) >= 11 is 3.73. The number of imidazole rings is 1. The number of nitrogens with zero attached hydrogens (tertiary/aromatic N) is 4. The van der Waals surface area contributed by atoms with Gasteiger partial charge in [-0.05, 0) is 46.5 Å². The first-order valence-corrected chi connectivity index (χ1v) is 9.95. The third-order valence-corrected chi connectivity index (χ3v) is 4.81. The maximum Gasteiger partial charge on any atom is 0.191 e. The van der Waals surface area contributed by atoms with Crippen LogP contribution in [0, 0.1) is 3.57 Å². The second-order valence-electron chi connectivity index (χ2n) is 5.45. The zero-order valence-corrected chi connectivity index (χ0v) is 16.5. The fraction of sp³-hybridized carbons (Fsp3) is 0.312. The quantitative estimate of drug-likeness (QED) is 0.276. The lowest BCUT2D eigenvalue weighted by molar-refractivity contribution is 0.0819. The van der Waals surface area contributed by atoms with Gasteiger partial charge < -0.3 is 20.1 Å². The Morgan fingerprint density at radius 3 is 2.92 bits per heavy atom. The van der Waals surface area contributed by atoms with Crippen LogP contribution in [0.1, 0.15) is 5.56 Å². The largest absolute Gasteiger partial charge is 0.394 e. The molecule has 25 heavy (non-hydrogen) atoms.